The zero-order chi connectivity index (χ0) is 13.8. The van der Waals surface area contributed by atoms with E-state index in [0.717, 1.165) is 29.8 Å². The van der Waals surface area contributed by atoms with E-state index >= 15 is 0 Å². The summed E-state index contributed by atoms with van der Waals surface area (Å²) >= 11 is 14.3. The van der Waals surface area contributed by atoms with Gasteiger partial charge in [-0.3, -0.25) is 0 Å². The van der Waals surface area contributed by atoms with Crippen molar-refractivity contribution in [1.82, 2.24) is 9.55 Å². The molecule has 1 aromatic heterocycles. The van der Waals surface area contributed by atoms with E-state index < -0.39 is 0 Å². The number of thioether (sulfide) groups is 1. The highest BCUT2D eigenvalue weighted by atomic mass is 35.5. The van der Waals surface area contributed by atoms with Gasteiger partial charge in [0.15, 0.2) is 0 Å². The molecule has 19 heavy (non-hydrogen) atoms. The topological polar surface area (TPSA) is 17.8 Å². The summed E-state index contributed by atoms with van der Waals surface area (Å²) in [5.74, 6) is 2.10. The molecule has 0 radical (unpaired) electrons. The van der Waals surface area contributed by atoms with Gasteiger partial charge in [0.25, 0.3) is 0 Å². The second kappa shape index (κ2) is 6.87. The molecule has 0 aliphatic rings. The van der Waals surface area contributed by atoms with Gasteiger partial charge in [0.2, 0.25) is 0 Å². The third-order valence-corrected chi connectivity index (χ3v) is 4.29. The van der Waals surface area contributed by atoms with Crippen LogP contribution in [0.1, 0.15) is 31.0 Å². The van der Waals surface area contributed by atoms with Crippen molar-refractivity contribution >= 4 is 46.0 Å². The van der Waals surface area contributed by atoms with Crippen molar-refractivity contribution in [1.29, 1.82) is 0 Å². The highest BCUT2D eigenvalue weighted by molar-refractivity contribution is 7.98. The standard InChI is InChI=1S/C14H18Cl2N2S/c1-10(15)14-17-13-11(16)6-5-7-12(13)18(14)8-3-4-9-19-2/h5-7,10H,3-4,8-9H2,1-2H3. The van der Waals surface area contributed by atoms with Crippen LogP contribution in [0.15, 0.2) is 18.2 Å². The van der Waals surface area contributed by atoms with Crippen LogP contribution >= 0.6 is 35.0 Å². The number of nitrogens with zero attached hydrogens (tertiary/aromatic N) is 2. The van der Waals surface area contributed by atoms with E-state index in [1.54, 1.807) is 0 Å². The molecule has 0 bridgehead atoms. The monoisotopic (exact) mass is 316 g/mol. The van der Waals surface area contributed by atoms with Gasteiger partial charge in [-0.2, -0.15) is 11.8 Å². The highest BCUT2D eigenvalue weighted by Gasteiger charge is 2.16. The Labute approximate surface area is 128 Å². The summed E-state index contributed by atoms with van der Waals surface area (Å²) in [5.41, 5.74) is 1.94. The number of imidazole rings is 1. The molecular formula is C14H18Cl2N2S. The van der Waals surface area contributed by atoms with Gasteiger partial charge in [0.1, 0.15) is 11.3 Å². The number of halogens is 2. The fraction of sp³-hybridized carbons (Fsp3) is 0.500. The first-order chi connectivity index (χ1) is 9.15. The minimum atomic E-state index is -0.107. The molecule has 0 N–H and O–H groups in total. The summed E-state index contributed by atoms with van der Waals surface area (Å²) in [4.78, 5) is 4.60. The van der Waals surface area contributed by atoms with Gasteiger partial charge in [-0.1, -0.05) is 17.7 Å². The van der Waals surface area contributed by atoms with Crippen molar-refractivity contribution in [3.63, 3.8) is 0 Å². The predicted octanol–water partition coefficient (Wildman–Crippen LogP) is 5.13. The van der Waals surface area contributed by atoms with E-state index in [1.807, 2.05) is 30.8 Å². The lowest BCUT2D eigenvalue weighted by Gasteiger charge is -2.10. The van der Waals surface area contributed by atoms with Crippen molar-refractivity contribution in [2.75, 3.05) is 12.0 Å². The zero-order valence-electron chi connectivity index (χ0n) is 11.2. The number of aromatic nitrogens is 2. The molecule has 0 saturated heterocycles. The van der Waals surface area contributed by atoms with Crippen molar-refractivity contribution in [2.45, 2.75) is 31.7 Å². The summed E-state index contributed by atoms with van der Waals surface area (Å²) in [7, 11) is 0. The third kappa shape index (κ3) is 3.39. The average molecular weight is 317 g/mol. The van der Waals surface area contributed by atoms with Crippen LogP contribution in [0.25, 0.3) is 11.0 Å². The first-order valence-electron chi connectivity index (χ1n) is 6.42. The molecular weight excluding hydrogens is 299 g/mol. The van der Waals surface area contributed by atoms with Gasteiger partial charge in [0, 0.05) is 6.54 Å². The second-order valence-corrected chi connectivity index (χ2v) is 6.59. The van der Waals surface area contributed by atoms with Gasteiger partial charge >= 0.3 is 0 Å². The minimum Gasteiger partial charge on any atom is -0.327 e. The molecule has 0 fully saturated rings. The number of hydrogen-bond donors (Lipinski definition) is 0. The van der Waals surface area contributed by atoms with Crippen LogP contribution in [0.3, 0.4) is 0 Å². The predicted molar refractivity (Wildman–Crippen MR) is 86.6 cm³/mol. The SMILES string of the molecule is CSCCCCn1c(C(C)Cl)nc2c(Cl)cccc21. The number of para-hydroxylation sites is 1. The van der Waals surface area contributed by atoms with Gasteiger partial charge in [0.05, 0.1) is 15.9 Å². The van der Waals surface area contributed by atoms with Crippen molar-refractivity contribution in [3.05, 3.63) is 29.0 Å². The van der Waals surface area contributed by atoms with Gasteiger partial charge in [-0.15, -0.1) is 11.6 Å². The minimum absolute atomic E-state index is 0.107. The fourth-order valence-electron chi connectivity index (χ4n) is 2.19. The Bertz CT molecular complexity index is 552. The lowest BCUT2D eigenvalue weighted by Crippen LogP contribution is -2.05. The molecule has 2 rings (SSSR count). The lowest BCUT2D eigenvalue weighted by atomic mass is 10.3. The molecule has 1 heterocycles. The summed E-state index contributed by atoms with van der Waals surface area (Å²) in [6.45, 7) is 2.90. The van der Waals surface area contributed by atoms with E-state index in [1.165, 1.54) is 12.2 Å². The Morgan fingerprint density at radius 3 is 2.84 bits per heavy atom. The fourth-order valence-corrected chi connectivity index (χ4v) is 3.06. The molecule has 5 heteroatoms. The van der Waals surface area contributed by atoms with Crippen molar-refractivity contribution < 1.29 is 0 Å². The maximum Gasteiger partial charge on any atom is 0.127 e. The molecule has 0 aliphatic heterocycles. The molecule has 1 atom stereocenters. The smallest absolute Gasteiger partial charge is 0.127 e. The largest absolute Gasteiger partial charge is 0.327 e. The lowest BCUT2D eigenvalue weighted by molar-refractivity contribution is 0.619. The Hall–Kier alpha value is -0.380. The Balaban J connectivity index is 2.33. The van der Waals surface area contributed by atoms with E-state index in [2.05, 4.69) is 21.9 Å². The van der Waals surface area contributed by atoms with Crippen LogP contribution in [-0.2, 0) is 6.54 Å². The van der Waals surface area contributed by atoms with Crippen LogP contribution in [-0.4, -0.2) is 21.6 Å². The number of hydrogen-bond acceptors (Lipinski definition) is 2. The molecule has 2 aromatic rings. The van der Waals surface area contributed by atoms with Crippen LogP contribution in [0.4, 0.5) is 0 Å². The molecule has 0 amide bonds. The maximum atomic E-state index is 6.24. The highest BCUT2D eigenvalue weighted by Crippen LogP contribution is 2.29. The van der Waals surface area contributed by atoms with Crippen LogP contribution in [0.2, 0.25) is 5.02 Å². The quantitative estimate of drug-likeness (QED) is 0.543. The van der Waals surface area contributed by atoms with E-state index in [-0.39, 0.29) is 5.38 Å². The summed E-state index contributed by atoms with van der Waals surface area (Å²) in [6.07, 6.45) is 4.48. The summed E-state index contributed by atoms with van der Waals surface area (Å²) < 4.78 is 2.21. The van der Waals surface area contributed by atoms with Gasteiger partial charge in [-0.25, -0.2) is 4.98 Å². The number of unbranched alkanes of at least 4 members (excludes halogenated alkanes) is 1. The van der Waals surface area contributed by atoms with Gasteiger partial charge in [-0.05, 0) is 43.9 Å². The van der Waals surface area contributed by atoms with E-state index in [4.69, 9.17) is 23.2 Å². The number of rotatable bonds is 6. The Morgan fingerprint density at radius 1 is 1.37 bits per heavy atom. The molecule has 2 nitrogen and oxygen atoms in total. The van der Waals surface area contributed by atoms with E-state index in [9.17, 15) is 0 Å². The van der Waals surface area contributed by atoms with Crippen molar-refractivity contribution in [3.8, 4) is 0 Å². The maximum absolute atomic E-state index is 6.24. The second-order valence-electron chi connectivity index (χ2n) is 4.55. The number of benzene rings is 1. The Kier molecular flexibility index (Phi) is 5.43. The van der Waals surface area contributed by atoms with Crippen LogP contribution in [0, 0.1) is 0 Å². The summed E-state index contributed by atoms with van der Waals surface area (Å²) in [5, 5.41) is 0.586. The normalized spacial score (nSPS) is 13.1. The average Bonchev–Trinajstić information content (AvgIpc) is 2.75. The molecule has 1 aromatic carbocycles. The summed E-state index contributed by atoms with van der Waals surface area (Å²) in [6, 6.07) is 5.90. The first-order valence-corrected chi connectivity index (χ1v) is 8.63. The molecule has 104 valence electrons. The van der Waals surface area contributed by atoms with Gasteiger partial charge < -0.3 is 4.57 Å². The third-order valence-electron chi connectivity index (χ3n) is 3.10. The first kappa shape index (κ1) is 15.0. The number of fused-ring (bicyclic) bond motifs is 1. The molecule has 1 unspecified atom stereocenters. The zero-order valence-corrected chi connectivity index (χ0v) is 13.5. The molecule has 0 saturated carbocycles. The number of alkyl halides is 1. The van der Waals surface area contributed by atoms with Crippen LogP contribution < -0.4 is 0 Å². The number of aryl methyl sites for hydroxylation is 1. The molecule has 0 aliphatic carbocycles. The van der Waals surface area contributed by atoms with Crippen molar-refractivity contribution in [2.24, 2.45) is 0 Å². The molecule has 0 spiro atoms. The van der Waals surface area contributed by atoms with E-state index in [0.29, 0.717) is 5.02 Å². The van der Waals surface area contributed by atoms with Crippen LogP contribution in [0.5, 0.6) is 0 Å². The Morgan fingerprint density at radius 2 is 2.16 bits per heavy atom.